The monoisotopic (exact) mass is 493 g/mol. The first-order chi connectivity index (χ1) is 17.9. The van der Waals surface area contributed by atoms with Gasteiger partial charge in [-0.1, -0.05) is 36.4 Å². The third kappa shape index (κ3) is 5.43. The zero-order valence-electron chi connectivity index (χ0n) is 19.9. The number of methoxy groups -OCH3 is 1. The van der Waals surface area contributed by atoms with Crippen molar-refractivity contribution in [2.45, 2.75) is 12.8 Å². The number of hydrogen-bond donors (Lipinski definition) is 2. The number of aromatic carboxylic acids is 1. The Hall–Kier alpha value is -5.12. The highest BCUT2D eigenvalue weighted by Crippen LogP contribution is 2.32. The molecule has 3 aromatic rings. The van der Waals surface area contributed by atoms with E-state index < -0.39 is 18.1 Å². The zero-order chi connectivity index (χ0) is 26.4. The summed E-state index contributed by atoms with van der Waals surface area (Å²) in [6.07, 6.45) is 0.899. The molecular formula is C28H23N5O4. The molecule has 0 saturated carbocycles. The van der Waals surface area contributed by atoms with Crippen molar-refractivity contribution in [2.24, 2.45) is 16.8 Å². The van der Waals surface area contributed by atoms with Crippen molar-refractivity contribution in [3.63, 3.8) is 0 Å². The largest absolute Gasteiger partial charge is 0.493 e. The lowest BCUT2D eigenvalue weighted by Crippen LogP contribution is -2.40. The Kier molecular flexibility index (Phi) is 7.48. The summed E-state index contributed by atoms with van der Waals surface area (Å²) in [4.78, 5) is 11.0. The molecule has 184 valence electrons. The van der Waals surface area contributed by atoms with Gasteiger partial charge in [-0.3, -0.25) is 0 Å². The number of para-hydroxylation sites is 1. The molecule has 0 saturated heterocycles. The van der Waals surface area contributed by atoms with Gasteiger partial charge in [-0.25, -0.2) is 9.80 Å². The summed E-state index contributed by atoms with van der Waals surface area (Å²) in [6.45, 7) is 0.211. The molecule has 37 heavy (non-hydrogen) atoms. The molecule has 2 atom stereocenters. The van der Waals surface area contributed by atoms with Crippen LogP contribution in [0, 0.1) is 28.6 Å². The first-order valence-electron chi connectivity index (χ1n) is 11.3. The minimum atomic E-state index is -0.992. The van der Waals surface area contributed by atoms with Crippen molar-refractivity contribution in [1.82, 2.24) is 0 Å². The summed E-state index contributed by atoms with van der Waals surface area (Å²) in [6, 6.07) is 25.1. The highest BCUT2D eigenvalue weighted by atomic mass is 16.5. The number of nitrogens with two attached hydrogens (primary N) is 1. The molecule has 1 heterocycles. The Morgan fingerprint density at radius 1 is 1.11 bits per heavy atom. The number of allylic oxidation sites excluding steroid dienone is 1. The molecule has 3 N–H and O–H groups in total. The highest BCUT2D eigenvalue weighted by molar-refractivity contribution is 6.11. The van der Waals surface area contributed by atoms with Crippen LogP contribution >= 0.6 is 0 Å². The number of anilines is 1. The lowest BCUT2D eigenvalue weighted by atomic mass is 9.95. The van der Waals surface area contributed by atoms with Crippen LogP contribution in [0.25, 0.3) is 6.08 Å². The SMILES string of the molecule is COc1cc(/C=C(\C#N)C2=NN(c3ccccc3)[C@H](N)[C@@H]2C#N)ccc1OCc1ccc(C(=O)O)cc1. The third-order valence-corrected chi connectivity index (χ3v) is 5.78. The second-order valence-electron chi connectivity index (χ2n) is 8.13. The molecule has 3 aromatic carbocycles. The Morgan fingerprint density at radius 3 is 2.46 bits per heavy atom. The summed E-state index contributed by atoms with van der Waals surface area (Å²) in [5, 5.41) is 34.7. The van der Waals surface area contributed by atoms with Crippen molar-refractivity contribution >= 4 is 23.4 Å². The Balaban J connectivity index is 1.57. The minimum absolute atomic E-state index is 0.198. The van der Waals surface area contributed by atoms with Gasteiger partial charge < -0.3 is 20.3 Å². The second-order valence-corrected chi connectivity index (χ2v) is 8.13. The Labute approximate surface area is 213 Å². The fourth-order valence-corrected chi connectivity index (χ4v) is 3.85. The smallest absolute Gasteiger partial charge is 0.335 e. The van der Waals surface area contributed by atoms with Gasteiger partial charge in [0.1, 0.15) is 24.8 Å². The van der Waals surface area contributed by atoms with Crippen LogP contribution in [-0.2, 0) is 6.61 Å². The maximum absolute atomic E-state index is 11.0. The van der Waals surface area contributed by atoms with Crippen LogP contribution in [0.1, 0.15) is 21.5 Å². The van der Waals surface area contributed by atoms with Gasteiger partial charge in [0.2, 0.25) is 0 Å². The number of rotatable bonds is 8. The Morgan fingerprint density at radius 2 is 1.84 bits per heavy atom. The van der Waals surface area contributed by atoms with Crippen LogP contribution < -0.4 is 20.2 Å². The van der Waals surface area contributed by atoms with E-state index in [0.717, 1.165) is 11.3 Å². The first kappa shape index (κ1) is 25.0. The molecule has 4 rings (SSSR count). The number of nitrogens with zero attached hydrogens (tertiary/aromatic N) is 4. The molecule has 0 aliphatic carbocycles. The van der Waals surface area contributed by atoms with Gasteiger partial charge in [-0.2, -0.15) is 15.6 Å². The normalized spacial score (nSPS) is 16.9. The van der Waals surface area contributed by atoms with Gasteiger partial charge in [0.25, 0.3) is 0 Å². The summed E-state index contributed by atoms with van der Waals surface area (Å²) in [7, 11) is 1.51. The molecule has 9 nitrogen and oxygen atoms in total. The van der Waals surface area contributed by atoms with Gasteiger partial charge >= 0.3 is 5.97 Å². The van der Waals surface area contributed by atoms with Crippen LogP contribution in [0.4, 0.5) is 5.69 Å². The van der Waals surface area contributed by atoms with Crippen LogP contribution in [0.3, 0.4) is 0 Å². The van der Waals surface area contributed by atoms with Crippen molar-refractivity contribution in [3.05, 3.63) is 95.1 Å². The third-order valence-electron chi connectivity index (χ3n) is 5.78. The van der Waals surface area contributed by atoms with E-state index in [1.165, 1.54) is 19.2 Å². The quantitative estimate of drug-likeness (QED) is 0.445. The van der Waals surface area contributed by atoms with Gasteiger partial charge in [0, 0.05) is 0 Å². The van der Waals surface area contributed by atoms with Crippen LogP contribution in [0.2, 0.25) is 0 Å². The molecule has 1 aliphatic rings. The lowest BCUT2D eigenvalue weighted by molar-refractivity contribution is 0.0697. The number of benzene rings is 3. The molecule has 0 amide bonds. The first-order valence-corrected chi connectivity index (χ1v) is 11.3. The van der Waals surface area contributed by atoms with Gasteiger partial charge in [0.15, 0.2) is 11.5 Å². The number of carboxylic acid groups (broad SMARTS) is 1. The lowest BCUT2D eigenvalue weighted by Gasteiger charge is -2.21. The van der Waals surface area contributed by atoms with E-state index in [1.54, 1.807) is 41.4 Å². The molecule has 0 bridgehead atoms. The Bertz CT molecular complexity index is 1440. The van der Waals surface area contributed by atoms with E-state index in [-0.39, 0.29) is 17.7 Å². The number of carboxylic acids is 1. The van der Waals surface area contributed by atoms with E-state index in [9.17, 15) is 15.3 Å². The van der Waals surface area contributed by atoms with Crippen molar-refractivity contribution in [3.8, 4) is 23.6 Å². The topological polar surface area (TPSA) is 145 Å². The molecule has 0 radical (unpaired) electrons. The van der Waals surface area contributed by atoms with Gasteiger partial charge in [-0.15, -0.1) is 0 Å². The van der Waals surface area contributed by atoms with E-state index in [4.69, 9.17) is 20.3 Å². The fourth-order valence-electron chi connectivity index (χ4n) is 3.85. The fraction of sp³-hybridized carbons (Fsp3) is 0.143. The minimum Gasteiger partial charge on any atom is -0.493 e. The summed E-state index contributed by atoms with van der Waals surface area (Å²) in [5.74, 6) is -0.857. The van der Waals surface area contributed by atoms with Gasteiger partial charge in [0.05, 0.1) is 35.7 Å². The van der Waals surface area contributed by atoms with Crippen LogP contribution in [-0.4, -0.2) is 30.1 Å². The molecule has 0 spiro atoms. The molecule has 9 heteroatoms. The molecular weight excluding hydrogens is 470 g/mol. The number of hydrazone groups is 1. The van der Waals surface area contributed by atoms with E-state index in [2.05, 4.69) is 17.2 Å². The molecule has 0 aromatic heterocycles. The van der Waals surface area contributed by atoms with Crippen molar-refractivity contribution in [1.29, 1.82) is 10.5 Å². The predicted molar refractivity (Wildman–Crippen MR) is 138 cm³/mol. The van der Waals surface area contributed by atoms with E-state index in [0.29, 0.717) is 22.8 Å². The molecule has 0 unspecified atom stereocenters. The second kappa shape index (κ2) is 11.1. The van der Waals surface area contributed by atoms with Gasteiger partial charge in [-0.05, 0) is 53.6 Å². The average Bonchev–Trinajstić information content (AvgIpc) is 3.27. The number of hydrogen-bond acceptors (Lipinski definition) is 8. The number of carbonyl (C=O) groups is 1. The van der Waals surface area contributed by atoms with E-state index >= 15 is 0 Å². The molecule has 1 aliphatic heterocycles. The van der Waals surface area contributed by atoms with Crippen LogP contribution in [0.15, 0.2) is 83.5 Å². The predicted octanol–water partition coefficient (Wildman–Crippen LogP) is 4.18. The van der Waals surface area contributed by atoms with Crippen LogP contribution in [0.5, 0.6) is 11.5 Å². The van der Waals surface area contributed by atoms with Crippen molar-refractivity contribution in [2.75, 3.05) is 12.1 Å². The van der Waals surface area contributed by atoms with Crippen molar-refractivity contribution < 1.29 is 19.4 Å². The molecule has 0 fully saturated rings. The summed E-state index contributed by atoms with van der Waals surface area (Å²) >= 11 is 0. The maximum atomic E-state index is 11.0. The highest BCUT2D eigenvalue weighted by Gasteiger charge is 2.37. The zero-order valence-corrected chi connectivity index (χ0v) is 19.9. The summed E-state index contributed by atoms with van der Waals surface area (Å²) < 4.78 is 11.3. The standard InChI is InChI=1S/C28H23N5O4/c1-36-25-14-19(9-12-24(25)37-17-18-7-10-20(11-8-18)28(34)35)13-21(15-29)26-23(16-30)27(31)33(32-26)22-5-3-2-4-6-22/h2-14,23,27H,17,31H2,1H3,(H,34,35)/b21-13+/t23-,27+/m1/s1. The summed E-state index contributed by atoms with van der Waals surface area (Å²) in [5.41, 5.74) is 9.18. The average molecular weight is 494 g/mol. The maximum Gasteiger partial charge on any atom is 0.335 e. The number of ether oxygens (including phenoxy) is 2. The number of nitriles is 2. The van der Waals surface area contributed by atoms with E-state index in [1.807, 2.05) is 30.3 Å².